The molecule has 48 heavy (non-hydrogen) atoms. The van der Waals surface area contributed by atoms with Gasteiger partial charge in [-0.05, 0) is 80.1 Å². The number of hydrogen-bond acceptors (Lipinski definition) is 4. The Morgan fingerprint density at radius 2 is 1.50 bits per heavy atom. The van der Waals surface area contributed by atoms with Crippen LogP contribution in [0.2, 0.25) is 5.02 Å². The molecule has 2 amide bonds. The summed E-state index contributed by atoms with van der Waals surface area (Å²) < 4.78 is 29.7. The Labute approximate surface area is 290 Å². The summed E-state index contributed by atoms with van der Waals surface area (Å²) in [5.41, 5.74) is 4.70. The molecule has 0 unspecified atom stereocenters. The van der Waals surface area contributed by atoms with Crippen molar-refractivity contribution in [1.82, 2.24) is 10.2 Å². The van der Waals surface area contributed by atoms with E-state index in [1.165, 1.54) is 0 Å². The van der Waals surface area contributed by atoms with Gasteiger partial charge in [-0.15, -0.1) is 0 Å². The van der Waals surface area contributed by atoms with Crippen LogP contribution in [-0.4, -0.2) is 43.8 Å². The predicted octanol–water partition coefficient (Wildman–Crippen LogP) is 7.55. The number of nitrogens with zero attached hydrogens (tertiary/aromatic N) is 2. The highest BCUT2D eigenvalue weighted by atomic mass is 35.5. The average molecular weight is 686 g/mol. The molecule has 4 aromatic rings. The zero-order chi connectivity index (χ0) is 34.3. The van der Waals surface area contributed by atoms with Gasteiger partial charge in [0.25, 0.3) is 10.0 Å². The lowest BCUT2D eigenvalue weighted by Crippen LogP contribution is -2.55. The number of carbonyl (C=O) groups is 2. The Morgan fingerprint density at radius 3 is 2.17 bits per heavy atom. The van der Waals surface area contributed by atoms with E-state index in [4.69, 9.17) is 11.6 Å². The molecule has 0 radical (unpaired) electrons. The van der Waals surface area contributed by atoms with Gasteiger partial charge >= 0.3 is 0 Å². The van der Waals surface area contributed by atoms with Crippen LogP contribution in [0.1, 0.15) is 59.9 Å². The minimum absolute atomic E-state index is 0.0352. The van der Waals surface area contributed by atoms with E-state index in [-0.39, 0.29) is 35.5 Å². The Bertz CT molecular complexity index is 1820. The van der Waals surface area contributed by atoms with Gasteiger partial charge in [0.05, 0.1) is 10.6 Å². The van der Waals surface area contributed by atoms with Crippen LogP contribution in [0.5, 0.6) is 0 Å². The molecule has 0 heterocycles. The largest absolute Gasteiger partial charge is 0.352 e. The molecule has 1 atom stereocenters. The van der Waals surface area contributed by atoms with Gasteiger partial charge in [0, 0.05) is 24.0 Å². The molecule has 252 valence electrons. The highest BCUT2D eigenvalue weighted by molar-refractivity contribution is 7.92. The van der Waals surface area contributed by atoms with Crippen molar-refractivity contribution in [3.8, 4) is 0 Å². The van der Waals surface area contributed by atoms with Crippen LogP contribution in [0, 0.1) is 20.8 Å². The van der Waals surface area contributed by atoms with Gasteiger partial charge in [-0.25, -0.2) is 8.42 Å². The molecule has 0 aliphatic heterocycles. The summed E-state index contributed by atoms with van der Waals surface area (Å²) in [6.07, 6.45) is 5.30. The number of carbonyl (C=O) groups excluding carboxylic acids is 2. The van der Waals surface area contributed by atoms with E-state index in [9.17, 15) is 18.0 Å². The Hall–Kier alpha value is -4.14. The van der Waals surface area contributed by atoms with Crippen LogP contribution < -0.4 is 9.62 Å². The number of halogens is 1. The maximum absolute atomic E-state index is 14.8. The second kappa shape index (κ2) is 15.8. The van der Waals surface area contributed by atoms with E-state index in [0.717, 1.165) is 64.2 Å². The fourth-order valence-electron chi connectivity index (χ4n) is 6.17. The van der Waals surface area contributed by atoms with Crippen molar-refractivity contribution in [2.45, 2.75) is 82.8 Å². The number of rotatable bonds is 12. The first-order valence-electron chi connectivity index (χ1n) is 16.6. The molecule has 0 bridgehead atoms. The fraction of sp³-hybridized carbons (Fsp3) is 0.333. The van der Waals surface area contributed by atoms with E-state index in [1.54, 1.807) is 47.4 Å². The van der Waals surface area contributed by atoms with E-state index in [2.05, 4.69) is 5.32 Å². The minimum atomic E-state index is -4.21. The number of aryl methyl sites for hydroxylation is 3. The quantitative estimate of drug-likeness (QED) is 0.167. The lowest BCUT2D eigenvalue weighted by atomic mass is 9.94. The molecule has 0 spiro atoms. The van der Waals surface area contributed by atoms with Gasteiger partial charge < -0.3 is 10.2 Å². The second-order valence-corrected chi connectivity index (χ2v) is 15.0. The van der Waals surface area contributed by atoms with E-state index in [1.807, 2.05) is 75.4 Å². The smallest absolute Gasteiger partial charge is 0.264 e. The van der Waals surface area contributed by atoms with Crippen LogP contribution in [-0.2, 0) is 32.6 Å². The predicted molar refractivity (Wildman–Crippen MR) is 193 cm³/mol. The Kier molecular flexibility index (Phi) is 11.6. The van der Waals surface area contributed by atoms with Crippen molar-refractivity contribution >= 4 is 39.1 Å². The van der Waals surface area contributed by atoms with Crippen molar-refractivity contribution in [3.05, 3.63) is 130 Å². The molecule has 1 aliphatic rings. The van der Waals surface area contributed by atoms with Gasteiger partial charge in [-0.1, -0.05) is 109 Å². The number of sulfonamides is 1. The fourth-order valence-corrected chi connectivity index (χ4v) is 7.75. The van der Waals surface area contributed by atoms with Gasteiger partial charge in [0.1, 0.15) is 12.6 Å². The third-order valence-corrected chi connectivity index (χ3v) is 11.4. The van der Waals surface area contributed by atoms with Crippen molar-refractivity contribution < 1.29 is 18.0 Å². The SMILES string of the molecule is Cc1ccc(S(=O)(=O)N(CC(=O)N(Cc2ccccc2C)[C@@H](Cc2ccccc2)C(=O)NC2CCCCC2)c2ccc(C)c(Cl)c2)cc1. The van der Waals surface area contributed by atoms with Gasteiger partial charge in [-0.2, -0.15) is 0 Å². The lowest BCUT2D eigenvalue weighted by molar-refractivity contribution is -0.140. The highest BCUT2D eigenvalue weighted by Gasteiger charge is 2.35. The average Bonchev–Trinajstić information content (AvgIpc) is 3.08. The molecule has 1 aliphatic carbocycles. The number of anilines is 1. The highest BCUT2D eigenvalue weighted by Crippen LogP contribution is 2.29. The first kappa shape index (κ1) is 35.2. The summed E-state index contributed by atoms with van der Waals surface area (Å²) in [6, 6.07) is 28.0. The summed E-state index contributed by atoms with van der Waals surface area (Å²) in [6.45, 7) is 5.29. The number of nitrogens with one attached hydrogen (secondary N) is 1. The first-order chi connectivity index (χ1) is 23.0. The zero-order valence-electron chi connectivity index (χ0n) is 27.9. The van der Waals surface area contributed by atoms with Crippen LogP contribution in [0.25, 0.3) is 0 Å². The Balaban J connectivity index is 1.58. The summed E-state index contributed by atoms with van der Waals surface area (Å²) in [5, 5.41) is 3.64. The van der Waals surface area contributed by atoms with E-state index in [0.29, 0.717) is 5.02 Å². The molecule has 7 nitrogen and oxygen atoms in total. The minimum Gasteiger partial charge on any atom is -0.352 e. The molecule has 1 N–H and O–H groups in total. The first-order valence-corrected chi connectivity index (χ1v) is 18.4. The second-order valence-electron chi connectivity index (χ2n) is 12.8. The molecular weight excluding hydrogens is 642 g/mol. The summed E-state index contributed by atoms with van der Waals surface area (Å²) >= 11 is 6.50. The molecule has 1 fully saturated rings. The zero-order valence-corrected chi connectivity index (χ0v) is 29.4. The number of hydrogen-bond donors (Lipinski definition) is 1. The maximum Gasteiger partial charge on any atom is 0.264 e. The lowest BCUT2D eigenvalue weighted by Gasteiger charge is -2.35. The molecular formula is C39H44ClN3O4S. The molecule has 4 aromatic carbocycles. The van der Waals surface area contributed by atoms with Crippen molar-refractivity contribution in [2.75, 3.05) is 10.8 Å². The van der Waals surface area contributed by atoms with Gasteiger partial charge in [-0.3, -0.25) is 13.9 Å². The van der Waals surface area contributed by atoms with Crippen LogP contribution >= 0.6 is 11.6 Å². The number of benzene rings is 4. The number of amides is 2. The van der Waals surface area contributed by atoms with Crippen molar-refractivity contribution in [1.29, 1.82) is 0 Å². The molecule has 9 heteroatoms. The normalized spacial score (nSPS) is 14.2. The molecule has 0 aromatic heterocycles. The van der Waals surface area contributed by atoms with E-state index >= 15 is 0 Å². The molecule has 1 saturated carbocycles. The molecule has 5 rings (SSSR count). The molecule has 0 saturated heterocycles. The summed E-state index contributed by atoms with van der Waals surface area (Å²) in [5.74, 6) is -0.732. The third-order valence-electron chi connectivity index (χ3n) is 9.16. The topological polar surface area (TPSA) is 86.8 Å². The van der Waals surface area contributed by atoms with Gasteiger partial charge in [0.2, 0.25) is 11.8 Å². The standard InChI is InChI=1S/C39H44ClN3O4S/c1-28-18-22-35(23-19-28)48(46,47)43(34-21-20-30(3)36(40)25-34)27-38(44)42(26-32-15-11-10-12-29(32)2)37(24-31-13-6-4-7-14-31)39(45)41-33-16-8-5-9-17-33/h4,6-7,10-15,18-23,25,33,37H,5,8-9,16-17,24,26-27H2,1-3H3,(H,41,45)/t37-/m0/s1. The van der Waals surface area contributed by atoms with Gasteiger partial charge in [0.15, 0.2) is 0 Å². The van der Waals surface area contributed by atoms with Crippen molar-refractivity contribution in [2.24, 2.45) is 0 Å². The monoisotopic (exact) mass is 685 g/mol. The van der Waals surface area contributed by atoms with E-state index < -0.39 is 28.5 Å². The van der Waals surface area contributed by atoms with Crippen LogP contribution in [0.4, 0.5) is 5.69 Å². The van der Waals surface area contributed by atoms with Crippen LogP contribution in [0.15, 0.2) is 102 Å². The summed E-state index contributed by atoms with van der Waals surface area (Å²) in [4.78, 5) is 30.6. The Morgan fingerprint density at radius 1 is 0.833 bits per heavy atom. The summed E-state index contributed by atoms with van der Waals surface area (Å²) in [7, 11) is -4.21. The maximum atomic E-state index is 14.8. The third kappa shape index (κ3) is 8.65. The van der Waals surface area contributed by atoms with Crippen LogP contribution in [0.3, 0.4) is 0 Å². The van der Waals surface area contributed by atoms with Crippen molar-refractivity contribution in [3.63, 3.8) is 0 Å².